The van der Waals surface area contributed by atoms with E-state index in [1.807, 2.05) is 42.5 Å². The third-order valence-corrected chi connectivity index (χ3v) is 2.39. The normalized spacial score (nSPS) is 10.2. The van der Waals surface area contributed by atoms with Gasteiger partial charge in [-0.15, -0.1) is 0 Å². The third-order valence-electron chi connectivity index (χ3n) is 2.39. The summed E-state index contributed by atoms with van der Waals surface area (Å²) in [4.78, 5) is 11.2. The highest BCUT2D eigenvalue weighted by Gasteiger charge is 2.04. The van der Waals surface area contributed by atoms with Gasteiger partial charge in [0.2, 0.25) is 5.91 Å². The fourth-order valence-electron chi connectivity index (χ4n) is 1.67. The van der Waals surface area contributed by atoms with Crippen molar-refractivity contribution in [2.45, 2.75) is 6.42 Å². The number of hydrogen-bond donors (Lipinski definition) is 2. The number of benzene rings is 2. The Morgan fingerprint density at radius 2 is 1.87 bits per heavy atom. The summed E-state index contributed by atoms with van der Waals surface area (Å²) in [5.74, 6) is 4.89. The van der Waals surface area contributed by atoms with E-state index in [0.717, 1.165) is 16.3 Å². The molecule has 0 fully saturated rings. The molecule has 15 heavy (non-hydrogen) atoms. The molecular weight excluding hydrogens is 188 g/mol. The van der Waals surface area contributed by atoms with Crippen LogP contribution in [-0.2, 0) is 11.2 Å². The molecule has 0 unspecified atom stereocenters. The topological polar surface area (TPSA) is 55.1 Å². The number of nitrogens with one attached hydrogen (secondary N) is 1. The van der Waals surface area contributed by atoms with E-state index >= 15 is 0 Å². The number of carbonyl (C=O) groups excluding carboxylic acids is 1. The molecule has 2 aromatic carbocycles. The molecule has 3 heteroatoms. The van der Waals surface area contributed by atoms with Crippen LogP contribution in [0.5, 0.6) is 0 Å². The molecule has 1 amide bonds. The molecule has 0 aliphatic heterocycles. The molecule has 0 atom stereocenters. The number of amides is 1. The maximum absolute atomic E-state index is 11.2. The molecule has 3 N–H and O–H groups in total. The number of nitrogens with two attached hydrogens (primary N) is 1. The van der Waals surface area contributed by atoms with Crippen LogP contribution in [-0.4, -0.2) is 5.91 Å². The van der Waals surface area contributed by atoms with E-state index in [2.05, 4.69) is 5.43 Å². The summed E-state index contributed by atoms with van der Waals surface area (Å²) in [6, 6.07) is 13.9. The van der Waals surface area contributed by atoms with Gasteiger partial charge in [-0.3, -0.25) is 10.2 Å². The van der Waals surface area contributed by atoms with Gasteiger partial charge in [-0.1, -0.05) is 42.5 Å². The SMILES string of the molecule is NNC(=O)Cc1cccc2ccccc12. The van der Waals surface area contributed by atoms with Gasteiger partial charge in [0.15, 0.2) is 0 Å². The van der Waals surface area contributed by atoms with Crippen LogP contribution in [0.3, 0.4) is 0 Å². The van der Waals surface area contributed by atoms with E-state index in [9.17, 15) is 4.79 Å². The van der Waals surface area contributed by atoms with Crippen molar-refractivity contribution in [2.75, 3.05) is 0 Å². The number of rotatable bonds is 2. The van der Waals surface area contributed by atoms with E-state index in [1.54, 1.807) is 0 Å². The monoisotopic (exact) mass is 200 g/mol. The van der Waals surface area contributed by atoms with Crippen LogP contribution in [0, 0.1) is 0 Å². The quantitative estimate of drug-likeness (QED) is 0.437. The molecule has 0 radical (unpaired) electrons. The Hall–Kier alpha value is -1.87. The molecule has 2 aromatic rings. The van der Waals surface area contributed by atoms with Crippen LogP contribution in [0.2, 0.25) is 0 Å². The summed E-state index contributed by atoms with van der Waals surface area (Å²) in [7, 11) is 0. The summed E-state index contributed by atoms with van der Waals surface area (Å²) in [6.45, 7) is 0. The van der Waals surface area contributed by atoms with Crippen molar-refractivity contribution in [2.24, 2.45) is 5.84 Å². The van der Waals surface area contributed by atoms with Crippen molar-refractivity contribution in [3.05, 3.63) is 48.0 Å². The van der Waals surface area contributed by atoms with Crippen molar-refractivity contribution < 1.29 is 4.79 Å². The second-order valence-electron chi connectivity index (χ2n) is 3.38. The van der Waals surface area contributed by atoms with Crippen molar-refractivity contribution in [1.82, 2.24) is 5.43 Å². The zero-order chi connectivity index (χ0) is 10.7. The summed E-state index contributed by atoms with van der Waals surface area (Å²) in [5.41, 5.74) is 3.14. The summed E-state index contributed by atoms with van der Waals surface area (Å²) < 4.78 is 0. The largest absolute Gasteiger partial charge is 0.294 e. The Morgan fingerprint density at radius 1 is 1.13 bits per heavy atom. The molecule has 76 valence electrons. The molecule has 0 saturated heterocycles. The van der Waals surface area contributed by atoms with Crippen LogP contribution in [0.4, 0.5) is 0 Å². The second kappa shape index (κ2) is 4.11. The minimum Gasteiger partial charge on any atom is -0.294 e. The van der Waals surface area contributed by atoms with E-state index in [4.69, 9.17) is 5.84 Å². The molecule has 0 aliphatic carbocycles. The zero-order valence-corrected chi connectivity index (χ0v) is 8.23. The first-order chi connectivity index (χ1) is 7.31. The number of hydrogen-bond acceptors (Lipinski definition) is 2. The van der Waals surface area contributed by atoms with Gasteiger partial charge in [-0.2, -0.15) is 0 Å². The van der Waals surface area contributed by atoms with Gasteiger partial charge in [0, 0.05) is 0 Å². The fraction of sp³-hybridized carbons (Fsp3) is 0.0833. The van der Waals surface area contributed by atoms with Gasteiger partial charge in [0.1, 0.15) is 0 Å². The highest BCUT2D eigenvalue weighted by atomic mass is 16.2. The van der Waals surface area contributed by atoms with Gasteiger partial charge in [0.25, 0.3) is 0 Å². The maximum atomic E-state index is 11.2. The molecule has 0 bridgehead atoms. The lowest BCUT2D eigenvalue weighted by atomic mass is 10.0. The van der Waals surface area contributed by atoms with Gasteiger partial charge < -0.3 is 0 Å². The average molecular weight is 200 g/mol. The molecule has 0 aromatic heterocycles. The fourth-order valence-corrected chi connectivity index (χ4v) is 1.67. The molecule has 3 nitrogen and oxygen atoms in total. The summed E-state index contributed by atoms with van der Waals surface area (Å²) >= 11 is 0. The molecule has 0 aliphatic rings. The van der Waals surface area contributed by atoms with Crippen molar-refractivity contribution >= 4 is 16.7 Å². The van der Waals surface area contributed by atoms with Gasteiger partial charge >= 0.3 is 0 Å². The highest BCUT2D eigenvalue weighted by Crippen LogP contribution is 2.18. The van der Waals surface area contributed by atoms with Crippen LogP contribution >= 0.6 is 0 Å². The minimum atomic E-state index is -0.175. The number of fused-ring (bicyclic) bond motifs is 1. The van der Waals surface area contributed by atoms with E-state index in [0.29, 0.717) is 6.42 Å². The van der Waals surface area contributed by atoms with Crippen molar-refractivity contribution in [1.29, 1.82) is 0 Å². The smallest absolute Gasteiger partial charge is 0.238 e. The lowest BCUT2D eigenvalue weighted by Crippen LogP contribution is -2.31. The maximum Gasteiger partial charge on any atom is 0.238 e. The Balaban J connectivity index is 2.46. The van der Waals surface area contributed by atoms with E-state index in [1.165, 1.54) is 0 Å². The summed E-state index contributed by atoms with van der Waals surface area (Å²) in [5, 5.41) is 2.24. The standard InChI is InChI=1S/C12H12N2O/c13-14-12(15)8-10-6-3-5-9-4-1-2-7-11(9)10/h1-7H,8,13H2,(H,14,15). The predicted octanol–water partition coefficient (Wildman–Crippen LogP) is 1.37. The van der Waals surface area contributed by atoms with Crippen LogP contribution in [0.1, 0.15) is 5.56 Å². The van der Waals surface area contributed by atoms with Crippen molar-refractivity contribution in [3.63, 3.8) is 0 Å². The Morgan fingerprint density at radius 3 is 2.67 bits per heavy atom. The zero-order valence-electron chi connectivity index (χ0n) is 8.23. The van der Waals surface area contributed by atoms with Crippen LogP contribution in [0.15, 0.2) is 42.5 Å². The second-order valence-corrected chi connectivity index (χ2v) is 3.38. The lowest BCUT2D eigenvalue weighted by molar-refractivity contribution is -0.120. The van der Waals surface area contributed by atoms with Crippen LogP contribution in [0.25, 0.3) is 10.8 Å². The first kappa shape index (κ1) is 9.68. The first-order valence-corrected chi connectivity index (χ1v) is 4.77. The minimum absolute atomic E-state index is 0.175. The Kier molecular flexibility index (Phi) is 2.65. The summed E-state index contributed by atoms with van der Waals surface area (Å²) in [6.07, 6.45) is 0.317. The molecule has 2 rings (SSSR count). The molecule has 0 heterocycles. The van der Waals surface area contributed by atoms with Gasteiger partial charge in [0.05, 0.1) is 6.42 Å². The average Bonchev–Trinajstić information content (AvgIpc) is 2.29. The molecule has 0 spiro atoms. The van der Waals surface area contributed by atoms with Crippen LogP contribution < -0.4 is 11.3 Å². The lowest BCUT2D eigenvalue weighted by Gasteiger charge is -2.05. The van der Waals surface area contributed by atoms with Crippen molar-refractivity contribution in [3.8, 4) is 0 Å². The molecular formula is C12H12N2O. The Labute approximate surface area is 87.9 Å². The number of hydrazine groups is 1. The van der Waals surface area contributed by atoms with Gasteiger partial charge in [-0.25, -0.2) is 5.84 Å². The molecule has 0 saturated carbocycles. The Bertz CT molecular complexity index is 488. The first-order valence-electron chi connectivity index (χ1n) is 4.77. The van der Waals surface area contributed by atoms with Gasteiger partial charge in [-0.05, 0) is 16.3 Å². The van der Waals surface area contributed by atoms with E-state index < -0.39 is 0 Å². The third kappa shape index (κ3) is 1.97. The van der Waals surface area contributed by atoms with E-state index in [-0.39, 0.29) is 5.91 Å². The highest BCUT2D eigenvalue weighted by molar-refractivity contribution is 5.90. The number of carbonyl (C=O) groups is 1. The predicted molar refractivity (Wildman–Crippen MR) is 60.0 cm³/mol.